The monoisotopic (exact) mass is 380 g/mol. The molecule has 5 rings (SSSR count). The van der Waals surface area contributed by atoms with Crippen LogP contribution in [0.1, 0.15) is 36.8 Å². The van der Waals surface area contributed by atoms with Crippen LogP contribution in [0, 0.1) is 5.21 Å². The number of hydroxylamine groups is 2. The Morgan fingerprint density at radius 3 is 2.75 bits per heavy atom. The maximum absolute atomic E-state index is 11.6. The molecule has 0 amide bonds. The van der Waals surface area contributed by atoms with Gasteiger partial charge in [-0.1, -0.05) is 12.1 Å². The molecule has 1 aliphatic carbocycles. The first-order chi connectivity index (χ1) is 13.6. The number of benzene rings is 1. The lowest BCUT2D eigenvalue weighted by Gasteiger charge is -2.26. The Morgan fingerprint density at radius 1 is 1.07 bits per heavy atom. The Morgan fingerprint density at radius 2 is 1.89 bits per heavy atom. The van der Waals surface area contributed by atoms with Gasteiger partial charge in [-0.2, -0.15) is 9.50 Å². The van der Waals surface area contributed by atoms with Gasteiger partial charge in [0.15, 0.2) is 5.65 Å². The van der Waals surface area contributed by atoms with Crippen LogP contribution >= 0.6 is 0 Å². The molecular weight excluding hydrogens is 356 g/mol. The van der Waals surface area contributed by atoms with Gasteiger partial charge in [-0.05, 0) is 49.9 Å². The first-order valence-corrected chi connectivity index (χ1v) is 9.85. The summed E-state index contributed by atoms with van der Waals surface area (Å²) in [6.07, 6.45) is 3.40. The number of aromatic nitrogens is 3. The van der Waals surface area contributed by atoms with E-state index in [4.69, 9.17) is 0 Å². The molecule has 4 N–H and O–H groups in total. The highest BCUT2D eigenvalue weighted by Gasteiger charge is 2.20. The minimum Gasteiger partial charge on any atom is -0.634 e. The van der Waals surface area contributed by atoms with Gasteiger partial charge in [0, 0.05) is 22.9 Å². The SMILES string of the molecule is [O-][NH+]1Cc2ccc(Nc3nc4cccc(NC5CCC(O)CC5)n4n3)cc2C1. The average molecular weight is 380 g/mol. The summed E-state index contributed by atoms with van der Waals surface area (Å²) in [7, 11) is 0. The van der Waals surface area contributed by atoms with Gasteiger partial charge < -0.3 is 26.0 Å². The van der Waals surface area contributed by atoms with E-state index in [-0.39, 0.29) is 11.2 Å². The van der Waals surface area contributed by atoms with Crippen molar-refractivity contribution in [2.75, 3.05) is 10.6 Å². The summed E-state index contributed by atoms with van der Waals surface area (Å²) in [5.41, 5.74) is 3.85. The summed E-state index contributed by atoms with van der Waals surface area (Å²) in [4.78, 5) is 4.58. The Bertz CT molecular complexity index is 996. The second-order valence-corrected chi connectivity index (χ2v) is 7.77. The molecule has 0 radical (unpaired) electrons. The summed E-state index contributed by atoms with van der Waals surface area (Å²) in [5, 5.41) is 33.0. The number of nitrogens with one attached hydrogen (secondary N) is 3. The molecule has 8 heteroatoms. The minimum absolute atomic E-state index is 0.168. The molecule has 8 nitrogen and oxygen atoms in total. The highest BCUT2D eigenvalue weighted by Crippen LogP contribution is 2.24. The van der Waals surface area contributed by atoms with Crippen molar-refractivity contribution < 1.29 is 10.2 Å². The number of fused-ring (bicyclic) bond motifs is 2. The van der Waals surface area contributed by atoms with Gasteiger partial charge in [0.05, 0.1) is 6.10 Å². The molecule has 3 aromatic rings. The maximum atomic E-state index is 11.6. The predicted molar refractivity (Wildman–Crippen MR) is 106 cm³/mol. The van der Waals surface area contributed by atoms with E-state index in [1.165, 1.54) is 0 Å². The number of quaternary nitrogens is 1. The molecule has 1 unspecified atom stereocenters. The summed E-state index contributed by atoms with van der Waals surface area (Å²) < 4.78 is 1.81. The van der Waals surface area contributed by atoms with E-state index in [1.807, 2.05) is 40.9 Å². The summed E-state index contributed by atoms with van der Waals surface area (Å²) >= 11 is 0. The number of anilines is 3. The van der Waals surface area contributed by atoms with Crippen molar-refractivity contribution in [2.24, 2.45) is 0 Å². The molecule has 0 saturated heterocycles. The molecule has 3 heterocycles. The van der Waals surface area contributed by atoms with Crippen molar-refractivity contribution in [2.45, 2.75) is 50.9 Å². The number of aliphatic hydroxyl groups excluding tert-OH is 1. The quantitative estimate of drug-likeness (QED) is 0.513. The van der Waals surface area contributed by atoms with Crippen LogP contribution in [0.5, 0.6) is 0 Å². The van der Waals surface area contributed by atoms with E-state index in [2.05, 4.69) is 20.7 Å². The fourth-order valence-electron chi connectivity index (χ4n) is 4.15. The molecule has 1 fully saturated rings. The summed E-state index contributed by atoms with van der Waals surface area (Å²) in [6, 6.07) is 12.2. The molecule has 1 saturated carbocycles. The highest BCUT2D eigenvalue weighted by atomic mass is 16.5. The van der Waals surface area contributed by atoms with Crippen molar-refractivity contribution in [3.05, 3.63) is 52.7 Å². The zero-order chi connectivity index (χ0) is 19.1. The average Bonchev–Trinajstić information content (AvgIpc) is 3.26. The number of hydrogen-bond acceptors (Lipinski definition) is 6. The Labute approximate surface area is 162 Å². The summed E-state index contributed by atoms with van der Waals surface area (Å²) in [6.45, 7) is 1.04. The first kappa shape index (κ1) is 17.4. The van der Waals surface area contributed by atoms with E-state index < -0.39 is 0 Å². The van der Waals surface area contributed by atoms with Crippen molar-refractivity contribution >= 4 is 23.1 Å². The molecule has 0 spiro atoms. The zero-order valence-electron chi connectivity index (χ0n) is 15.6. The number of pyridine rings is 1. The largest absolute Gasteiger partial charge is 0.634 e. The molecule has 2 aliphatic rings. The molecule has 0 bridgehead atoms. The van der Waals surface area contributed by atoms with Crippen LogP contribution in [0.15, 0.2) is 36.4 Å². The predicted octanol–water partition coefficient (Wildman–Crippen LogP) is 1.58. The standard InChI is InChI=1S/C20H24N6O2/c27-17-8-6-15(7-9-17)21-18-2-1-3-19-23-20(24-26(18)19)22-16-5-4-13-11-25(28)12-14(13)10-16/h1-5,10,15,17,21,25,27H,6-9,11-12H2,(H,22,24). The lowest BCUT2D eigenvalue weighted by molar-refractivity contribution is -0.869. The van der Waals surface area contributed by atoms with Gasteiger partial charge in [0.1, 0.15) is 18.9 Å². The lowest BCUT2D eigenvalue weighted by atomic mass is 9.93. The van der Waals surface area contributed by atoms with Crippen molar-refractivity contribution in [1.82, 2.24) is 14.6 Å². The van der Waals surface area contributed by atoms with Crippen LogP contribution in [-0.2, 0) is 13.1 Å². The fraction of sp³-hybridized carbons (Fsp3) is 0.400. The normalized spacial score (nSPS) is 24.3. The Kier molecular flexibility index (Phi) is 4.38. The number of aliphatic hydroxyl groups is 1. The van der Waals surface area contributed by atoms with Crippen LogP contribution in [-0.4, -0.2) is 31.9 Å². The molecule has 2 aromatic heterocycles. The van der Waals surface area contributed by atoms with Crippen LogP contribution in [0.2, 0.25) is 0 Å². The van der Waals surface area contributed by atoms with Crippen LogP contribution in [0.25, 0.3) is 5.65 Å². The van der Waals surface area contributed by atoms with Crippen molar-refractivity contribution in [1.29, 1.82) is 0 Å². The van der Waals surface area contributed by atoms with E-state index in [9.17, 15) is 10.3 Å². The molecular formula is C20H24N6O2. The third-order valence-corrected chi connectivity index (χ3v) is 5.65. The third kappa shape index (κ3) is 3.42. The van der Waals surface area contributed by atoms with E-state index in [0.29, 0.717) is 25.1 Å². The lowest BCUT2D eigenvalue weighted by Crippen LogP contribution is -3.02. The molecule has 1 aliphatic heterocycles. The van der Waals surface area contributed by atoms with Crippen LogP contribution in [0.4, 0.5) is 17.5 Å². The number of hydrogen-bond donors (Lipinski definition) is 4. The van der Waals surface area contributed by atoms with E-state index in [1.54, 1.807) is 0 Å². The summed E-state index contributed by atoms with van der Waals surface area (Å²) in [5.74, 6) is 1.43. The topological polar surface area (TPSA) is 102 Å². The van der Waals surface area contributed by atoms with Gasteiger partial charge in [0.2, 0.25) is 5.95 Å². The molecule has 28 heavy (non-hydrogen) atoms. The van der Waals surface area contributed by atoms with Gasteiger partial charge in [-0.15, -0.1) is 5.10 Å². The molecule has 1 aromatic carbocycles. The Hall–Kier alpha value is -2.68. The maximum Gasteiger partial charge on any atom is 0.247 e. The zero-order valence-corrected chi connectivity index (χ0v) is 15.6. The number of nitrogens with zero attached hydrogens (tertiary/aromatic N) is 3. The van der Waals surface area contributed by atoms with Gasteiger partial charge in [-0.25, -0.2) is 0 Å². The third-order valence-electron chi connectivity index (χ3n) is 5.65. The molecule has 146 valence electrons. The second-order valence-electron chi connectivity index (χ2n) is 7.77. The minimum atomic E-state index is -0.168. The molecule has 1 atom stereocenters. The van der Waals surface area contributed by atoms with Crippen LogP contribution < -0.4 is 15.7 Å². The van der Waals surface area contributed by atoms with Gasteiger partial charge in [-0.3, -0.25) is 0 Å². The van der Waals surface area contributed by atoms with Gasteiger partial charge >= 0.3 is 0 Å². The van der Waals surface area contributed by atoms with Gasteiger partial charge in [0.25, 0.3) is 0 Å². The Balaban J connectivity index is 1.36. The number of rotatable bonds is 4. The fourth-order valence-corrected chi connectivity index (χ4v) is 4.15. The highest BCUT2D eigenvalue weighted by molar-refractivity contribution is 5.59. The van der Waals surface area contributed by atoms with E-state index >= 15 is 0 Å². The van der Waals surface area contributed by atoms with E-state index in [0.717, 1.165) is 54.0 Å². The smallest absolute Gasteiger partial charge is 0.247 e. The van der Waals surface area contributed by atoms with Crippen LogP contribution in [0.3, 0.4) is 0 Å². The second kappa shape index (κ2) is 7.05. The van der Waals surface area contributed by atoms with Crippen molar-refractivity contribution in [3.8, 4) is 0 Å². The van der Waals surface area contributed by atoms with Crippen molar-refractivity contribution in [3.63, 3.8) is 0 Å². The first-order valence-electron chi connectivity index (χ1n) is 9.85.